The van der Waals surface area contributed by atoms with Gasteiger partial charge >= 0.3 is 0 Å². The van der Waals surface area contributed by atoms with E-state index in [1.807, 2.05) is 0 Å². The fourth-order valence-electron chi connectivity index (χ4n) is 0.800. The third-order valence-corrected chi connectivity index (χ3v) is 2.01. The summed E-state index contributed by atoms with van der Waals surface area (Å²) in [5.41, 5.74) is 0.361. The van der Waals surface area contributed by atoms with Crippen molar-refractivity contribution in [2.24, 2.45) is 0 Å². The second-order valence-corrected chi connectivity index (χ2v) is 2.98. The second-order valence-electron chi connectivity index (χ2n) is 2.16. The van der Waals surface area contributed by atoms with Gasteiger partial charge in [0.05, 0.1) is 12.7 Å². The third-order valence-electron chi connectivity index (χ3n) is 1.42. The average Bonchev–Trinajstić information content (AvgIpc) is 2.05. The Hall–Kier alpha value is -0.670. The van der Waals surface area contributed by atoms with Gasteiger partial charge in [-0.05, 0) is 29.8 Å². The molecule has 1 aromatic rings. The quantitative estimate of drug-likeness (QED) is 0.589. The predicted octanol–water partition coefficient (Wildman–Crippen LogP) is 2.36. The van der Waals surface area contributed by atoms with Crippen molar-refractivity contribution in [1.82, 2.24) is 0 Å². The molecule has 12 heavy (non-hydrogen) atoms. The minimum atomic E-state index is -0.529. The van der Waals surface area contributed by atoms with E-state index in [9.17, 15) is 4.79 Å². The van der Waals surface area contributed by atoms with Crippen LogP contribution in [0, 0.1) is 0 Å². The summed E-state index contributed by atoms with van der Waals surface area (Å²) in [5, 5.41) is -0.529. The molecule has 0 aliphatic carbocycles. The Morgan fingerprint density at radius 3 is 2.75 bits per heavy atom. The largest absolute Gasteiger partial charge is 0.497 e. The SMILES string of the molecule is COc1ccc(S)c(C(=O)Cl)c1. The molecule has 0 saturated heterocycles. The van der Waals surface area contributed by atoms with Crippen LogP contribution in [0.2, 0.25) is 0 Å². The van der Waals surface area contributed by atoms with E-state index in [0.29, 0.717) is 16.2 Å². The van der Waals surface area contributed by atoms with Crippen LogP contribution in [0.15, 0.2) is 23.1 Å². The molecule has 0 aliphatic rings. The normalized spacial score (nSPS) is 9.58. The van der Waals surface area contributed by atoms with Crippen LogP contribution in [0.1, 0.15) is 10.4 Å². The van der Waals surface area contributed by atoms with E-state index in [-0.39, 0.29) is 0 Å². The summed E-state index contributed by atoms with van der Waals surface area (Å²) in [5.74, 6) is 0.594. The number of halogens is 1. The molecule has 2 nitrogen and oxygen atoms in total. The second kappa shape index (κ2) is 3.83. The lowest BCUT2D eigenvalue weighted by molar-refractivity contribution is 0.107. The number of carbonyl (C=O) groups excluding carboxylic acids is 1. The topological polar surface area (TPSA) is 26.3 Å². The molecule has 0 bridgehead atoms. The summed E-state index contributed by atoms with van der Waals surface area (Å²) in [7, 11) is 1.52. The number of methoxy groups -OCH3 is 1. The molecular weight excluding hydrogens is 196 g/mol. The van der Waals surface area contributed by atoms with Gasteiger partial charge in [0.15, 0.2) is 0 Å². The molecule has 0 radical (unpaired) electrons. The number of carbonyl (C=O) groups is 1. The van der Waals surface area contributed by atoms with Crippen LogP contribution >= 0.6 is 24.2 Å². The van der Waals surface area contributed by atoms with Gasteiger partial charge in [0.2, 0.25) is 0 Å². The van der Waals surface area contributed by atoms with Crippen molar-refractivity contribution in [3.63, 3.8) is 0 Å². The molecule has 0 atom stereocenters. The van der Waals surface area contributed by atoms with Gasteiger partial charge in [0.1, 0.15) is 5.75 Å². The van der Waals surface area contributed by atoms with Crippen LogP contribution in [0.3, 0.4) is 0 Å². The zero-order chi connectivity index (χ0) is 9.14. The first-order valence-corrected chi connectivity index (χ1v) is 4.04. The van der Waals surface area contributed by atoms with Gasteiger partial charge in [0.25, 0.3) is 5.24 Å². The van der Waals surface area contributed by atoms with Gasteiger partial charge < -0.3 is 4.74 Å². The van der Waals surface area contributed by atoms with E-state index in [1.165, 1.54) is 7.11 Å². The summed E-state index contributed by atoms with van der Waals surface area (Å²) in [6.45, 7) is 0. The van der Waals surface area contributed by atoms with Crippen molar-refractivity contribution in [2.45, 2.75) is 4.90 Å². The van der Waals surface area contributed by atoms with Crippen LogP contribution < -0.4 is 4.74 Å². The molecule has 0 N–H and O–H groups in total. The Morgan fingerprint density at radius 2 is 2.25 bits per heavy atom. The van der Waals surface area contributed by atoms with Crippen LogP contribution in [0.5, 0.6) is 5.75 Å². The molecule has 0 fully saturated rings. The van der Waals surface area contributed by atoms with E-state index in [1.54, 1.807) is 18.2 Å². The lowest BCUT2D eigenvalue weighted by Crippen LogP contribution is -1.92. The summed E-state index contributed by atoms with van der Waals surface area (Å²) >= 11 is 9.36. The fourth-order valence-corrected chi connectivity index (χ4v) is 1.26. The van der Waals surface area contributed by atoms with E-state index in [0.717, 1.165) is 0 Å². The maximum Gasteiger partial charge on any atom is 0.253 e. The summed E-state index contributed by atoms with van der Waals surface area (Å²) < 4.78 is 4.92. The van der Waals surface area contributed by atoms with E-state index >= 15 is 0 Å². The van der Waals surface area contributed by atoms with Gasteiger partial charge in [-0.2, -0.15) is 0 Å². The highest BCUT2D eigenvalue weighted by molar-refractivity contribution is 7.80. The summed E-state index contributed by atoms with van der Waals surface area (Å²) in [6, 6.07) is 4.93. The maximum absolute atomic E-state index is 10.8. The van der Waals surface area contributed by atoms with E-state index in [4.69, 9.17) is 16.3 Å². The lowest BCUT2D eigenvalue weighted by Gasteiger charge is -2.02. The average molecular weight is 203 g/mol. The van der Waals surface area contributed by atoms with Crippen molar-refractivity contribution < 1.29 is 9.53 Å². The number of thiol groups is 1. The Morgan fingerprint density at radius 1 is 1.58 bits per heavy atom. The molecule has 0 saturated carbocycles. The smallest absolute Gasteiger partial charge is 0.253 e. The zero-order valence-electron chi connectivity index (χ0n) is 6.37. The summed E-state index contributed by atoms with van der Waals surface area (Å²) in [4.78, 5) is 11.3. The number of benzene rings is 1. The van der Waals surface area contributed by atoms with E-state index in [2.05, 4.69) is 12.6 Å². The van der Waals surface area contributed by atoms with Gasteiger partial charge in [0, 0.05) is 4.90 Å². The highest BCUT2D eigenvalue weighted by Crippen LogP contribution is 2.21. The van der Waals surface area contributed by atoms with Gasteiger partial charge in [-0.15, -0.1) is 12.6 Å². The first-order chi connectivity index (χ1) is 5.65. The number of hydrogen-bond donors (Lipinski definition) is 1. The van der Waals surface area contributed by atoms with Gasteiger partial charge in [-0.3, -0.25) is 4.79 Å². The highest BCUT2D eigenvalue weighted by Gasteiger charge is 2.07. The zero-order valence-corrected chi connectivity index (χ0v) is 8.02. The first-order valence-electron chi connectivity index (χ1n) is 3.22. The van der Waals surface area contributed by atoms with Crippen LogP contribution in [-0.4, -0.2) is 12.4 Å². The Kier molecular flexibility index (Phi) is 3.00. The minimum Gasteiger partial charge on any atom is -0.497 e. The Balaban J connectivity index is 3.17. The van der Waals surface area contributed by atoms with Gasteiger partial charge in [-0.1, -0.05) is 0 Å². The molecular formula is C8H7ClO2S. The van der Waals surface area contributed by atoms with E-state index < -0.39 is 5.24 Å². The Labute approximate surface area is 80.9 Å². The van der Waals surface area contributed by atoms with Crippen molar-refractivity contribution in [3.8, 4) is 5.75 Å². The lowest BCUT2D eigenvalue weighted by atomic mass is 10.2. The number of rotatable bonds is 2. The van der Waals surface area contributed by atoms with Crippen LogP contribution in [0.4, 0.5) is 0 Å². The van der Waals surface area contributed by atoms with Crippen molar-refractivity contribution in [3.05, 3.63) is 23.8 Å². The molecule has 4 heteroatoms. The molecule has 0 aliphatic heterocycles. The molecule has 0 spiro atoms. The maximum atomic E-state index is 10.8. The van der Waals surface area contributed by atoms with Crippen molar-refractivity contribution in [1.29, 1.82) is 0 Å². The number of ether oxygens (including phenoxy) is 1. The van der Waals surface area contributed by atoms with Crippen LogP contribution in [0.25, 0.3) is 0 Å². The predicted molar refractivity (Wildman–Crippen MR) is 50.4 cm³/mol. The van der Waals surface area contributed by atoms with Crippen molar-refractivity contribution >= 4 is 29.5 Å². The van der Waals surface area contributed by atoms with Crippen LogP contribution in [-0.2, 0) is 0 Å². The molecule has 0 aromatic heterocycles. The molecule has 64 valence electrons. The van der Waals surface area contributed by atoms with Crippen molar-refractivity contribution in [2.75, 3.05) is 7.11 Å². The van der Waals surface area contributed by atoms with Gasteiger partial charge in [-0.25, -0.2) is 0 Å². The molecule has 0 heterocycles. The molecule has 0 unspecified atom stereocenters. The fraction of sp³-hybridized carbons (Fsp3) is 0.125. The monoisotopic (exact) mass is 202 g/mol. The minimum absolute atomic E-state index is 0.361. The number of hydrogen-bond acceptors (Lipinski definition) is 3. The summed E-state index contributed by atoms with van der Waals surface area (Å²) in [6.07, 6.45) is 0. The first kappa shape index (κ1) is 9.42. The third kappa shape index (κ3) is 1.93. The highest BCUT2D eigenvalue weighted by atomic mass is 35.5. The Bertz CT molecular complexity index is 312. The standard InChI is InChI=1S/C8H7ClO2S/c1-11-5-2-3-7(12)6(4-5)8(9)10/h2-4,12H,1H3. The molecule has 1 aromatic carbocycles. The molecule has 0 amide bonds. The molecule has 1 rings (SSSR count).